The standard InChI is InChI=1S/C15H22ClNO2S/c1-19-13-8-11(16)7-10(15(13)18)9-17-12-5-3-4-6-14(12)20-2/h7-8,12,14,17-18H,3-6,9H2,1-2H3. The largest absolute Gasteiger partial charge is 0.504 e. The normalized spacial score (nSPS) is 22.8. The molecule has 2 atom stereocenters. The summed E-state index contributed by atoms with van der Waals surface area (Å²) in [5.74, 6) is 0.611. The first-order chi connectivity index (χ1) is 9.65. The lowest BCUT2D eigenvalue weighted by Gasteiger charge is -2.31. The van der Waals surface area contributed by atoms with Crippen molar-refractivity contribution in [3.63, 3.8) is 0 Å². The van der Waals surface area contributed by atoms with Crippen molar-refractivity contribution < 1.29 is 9.84 Å². The van der Waals surface area contributed by atoms with E-state index in [0.29, 0.717) is 28.6 Å². The van der Waals surface area contributed by atoms with Crippen molar-refractivity contribution in [2.75, 3.05) is 13.4 Å². The molecule has 0 heterocycles. The van der Waals surface area contributed by atoms with Gasteiger partial charge in [-0.05, 0) is 25.2 Å². The Labute approximate surface area is 130 Å². The van der Waals surface area contributed by atoms with E-state index in [4.69, 9.17) is 16.3 Å². The molecule has 5 heteroatoms. The van der Waals surface area contributed by atoms with E-state index in [2.05, 4.69) is 11.6 Å². The highest BCUT2D eigenvalue weighted by Gasteiger charge is 2.24. The maximum atomic E-state index is 10.1. The molecule has 112 valence electrons. The average molecular weight is 316 g/mol. The highest BCUT2D eigenvalue weighted by Crippen LogP contribution is 2.34. The van der Waals surface area contributed by atoms with Crippen molar-refractivity contribution in [2.24, 2.45) is 0 Å². The molecule has 1 aliphatic rings. The quantitative estimate of drug-likeness (QED) is 0.867. The molecule has 20 heavy (non-hydrogen) atoms. The van der Waals surface area contributed by atoms with E-state index in [-0.39, 0.29) is 5.75 Å². The predicted molar refractivity (Wildman–Crippen MR) is 86.1 cm³/mol. The first-order valence-corrected chi connectivity index (χ1v) is 8.64. The zero-order valence-electron chi connectivity index (χ0n) is 12.0. The summed E-state index contributed by atoms with van der Waals surface area (Å²) >= 11 is 7.98. The summed E-state index contributed by atoms with van der Waals surface area (Å²) in [6.45, 7) is 0.616. The molecule has 0 amide bonds. The van der Waals surface area contributed by atoms with Crippen molar-refractivity contribution in [1.29, 1.82) is 0 Å². The van der Waals surface area contributed by atoms with Crippen LogP contribution in [0.5, 0.6) is 11.5 Å². The van der Waals surface area contributed by atoms with Crippen LogP contribution >= 0.6 is 23.4 Å². The second kappa shape index (κ2) is 7.43. The van der Waals surface area contributed by atoms with Gasteiger partial charge in [0.1, 0.15) is 0 Å². The third-order valence-corrected chi connectivity index (χ3v) is 5.29. The Morgan fingerprint density at radius 2 is 2.15 bits per heavy atom. The Morgan fingerprint density at radius 1 is 1.40 bits per heavy atom. The molecule has 0 saturated heterocycles. The van der Waals surface area contributed by atoms with Crippen LogP contribution in [0.2, 0.25) is 5.02 Å². The molecule has 2 unspecified atom stereocenters. The molecule has 1 aliphatic carbocycles. The number of hydrogen-bond donors (Lipinski definition) is 2. The SMILES string of the molecule is COc1cc(Cl)cc(CNC2CCCCC2SC)c1O. The minimum atomic E-state index is 0.181. The number of thioether (sulfide) groups is 1. The zero-order valence-corrected chi connectivity index (χ0v) is 13.6. The molecule has 0 aliphatic heterocycles. The van der Waals surface area contributed by atoms with Gasteiger partial charge in [0.25, 0.3) is 0 Å². The molecule has 0 radical (unpaired) electrons. The average Bonchev–Trinajstić information content (AvgIpc) is 2.48. The van der Waals surface area contributed by atoms with Gasteiger partial charge in [-0.2, -0.15) is 11.8 Å². The Hall–Kier alpha value is -0.580. The van der Waals surface area contributed by atoms with Crippen LogP contribution in [0.1, 0.15) is 31.2 Å². The molecule has 0 bridgehead atoms. The fraction of sp³-hybridized carbons (Fsp3) is 0.600. The van der Waals surface area contributed by atoms with Gasteiger partial charge in [0.15, 0.2) is 11.5 Å². The molecular formula is C15H22ClNO2S. The van der Waals surface area contributed by atoms with Gasteiger partial charge in [-0.1, -0.05) is 24.4 Å². The summed E-state index contributed by atoms with van der Waals surface area (Å²) in [5, 5.41) is 14.9. The lowest BCUT2D eigenvalue weighted by molar-refractivity contribution is 0.361. The molecule has 0 aromatic heterocycles. The van der Waals surface area contributed by atoms with Gasteiger partial charge in [0.2, 0.25) is 0 Å². The third kappa shape index (κ3) is 3.74. The zero-order chi connectivity index (χ0) is 14.5. The van der Waals surface area contributed by atoms with Crippen LogP contribution in [0, 0.1) is 0 Å². The van der Waals surface area contributed by atoms with Crippen LogP contribution in [0.3, 0.4) is 0 Å². The Kier molecular flexibility index (Phi) is 5.87. The second-order valence-electron chi connectivity index (χ2n) is 5.16. The minimum Gasteiger partial charge on any atom is -0.504 e. The smallest absolute Gasteiger partial charge is 0.162 e. The molecule has 2 rings (SSSR count). The van der Waals surface area contributed by atoms with Crippen LogP contribution in [0.25, 0.3) is 0 Å². The van der Waals surface area contributed by atoms with Gasteiger partial charge in [0, 0.05) is 34.5 Å². The number of phenols is 1. The second-order valence-corrected chi connectivity index (χ2v) is 6.68. The van der Waals surface area contributed by atoms with E-state index in [1.54, 1.807) is 12.1 Å². The highest BCUT2D eigenvalue weighted by atomic mass is 35.5. The number of hydrogen-bond acceptors (Lipinski definition) is 4. The Bertz CT molecular complexity index is 456. The first-order valence-electron chi connectivity index (χ1n) is 6.97. The van der Waals surface area contributed by atoms with E-state index in [9.17, 15) is 5.11 Å². The number of phenolic OH excluding ortho intramolecular Hbond substituents is 1. The van der Waals surface area contributed by atoms with Crippen LogP contribution in [-0.2, 0) is 6.54 Å². The summed E-state index contributed by atoms with van der Waals surface area (Å²) in [5.41, 5.74) is 0.791. The molecule has 1 fully saturated rings. The Morgan fingerprint density at radius 3 is 2.85 bits per heavy atom. The monoisotopic (exact) mass is 315 g/mol. The van der Waals surface area contributed by atoms with Gasteiger partial charge >= 0.3 is 0 Å². The summed E-state index contributed by atoms with van der Waals surface area (Å²) in [6.07, 6.45) is 7.23. The maximum Gasteiger partial charge on any atom is 0.162 e. The van der Waals surface area contributed by atoms with E-state index in [1.807, 2.05) is 11.8 Å². The Balaban J connectivity index is 2.04. The fourth-order valence-corrected chi connectivity index (χ4v) is 3.97. The van der Waals surface area contributed by atoms with Crippen molar-refractivity contribution in [3.8, 4) is 11.5 Å². The molecule has 2 N–H and O–H groups in total. The number of benzene rings is 1. The van der Waals surface area contributed by atoms with Gasteiger partial charge in [0.05, 0.1) is 7.11 Å². The predicted octanol–water partition coefficient (Wildman–Crippen LogP) is 3.82. The number of nitrogens with one attached hydrogen (secondary N) is 1. The summed E-state index contributed by atoms with van der Waals surface area (Å²) in [4.78, 5) is 0. The lowest BCUT2D eigenvalue weighted by Crippen LogP contribution is -2.39. The molecule has 1 aromatic carbocycles. The highest BCUT2D eigenvalue weighted by molar-refractivity contribution is 7.99. The molecule has 0 spiro atoms. The number of ether oxygens (including phenoxy) is 1. The first kappa shape index (κ1) is 15.8. The summed E-state index contributed by atoms with van der Waals surface area (Å²) in [6, 6.07) is 3.93. The van der Waals surface area contributed by atoms with Gasteiger partial charge in [-0.15, -0.1) is 0 Å². The van der Waals surface area contributed by atoms with Crippen molar-refractivity contribution >= 4 is 23.4 Å². The van der Waals surface area contributed by atoms with Gasteiger partial charge in [-0.25, -0.2) is 0 Å². The van der Waals surface area contributed by atoms with Crippen LogP contribution in [-0.4, -0.2) is 29.8 Å². The van der Waals surface area contributed by atoms with Crippen LogP contribution in [0.15, 0.2) is 12.1 Å². The number of halogens is 1. The number of aromatic hydroxyl groups is 1. The summed E-state index contributed by atoms with van der Waals surface area (Å²) < 4.78 is 5.13. The lowest BCUT2D eigenvalue weighted by atomic mass is 9.94. The maximum absolute atomic E-state index is 10.1. The topological polar surface area (TPSA) is 41.5 Å². The number of rotatable bonds is 5. The van der Waals surface area contributed by atoms with E-state index in [1.165, 1.54) is 32.8 Å². The van der Waals surface area contributed by atoms with E-state index >= 15 is 0 Å². The van der Waals surface area contributed by atoms with Crippen molar-refractivity contribution in [3.05, 3.63) is 22.7 Å². The van der Waals surface area contributed by atoms with E-state index < -0.39 is 0 Å². The van der Waals surface area contributed by atoms with Crippen molar-refractivity contribution in [2.45, 2.75) is 43.5 Å². The fourth-order valence-electron chi connectivity index (χ4n) is 2.77. The third-order valence-electron chi connectivity index (χ3n) is 3.90. The van der Waals surface area contributed by atoms with Crippen LogP contribution in [0.4, 0.5) is 0 Å². The van der Waals surface area contributed by atoms with Crippen molar-refractivity contribution in [1.82, 2.24) is 5.32 Å². The van der Waals surface area contributed by atoms with Gasteiger partial charge < -0.3 is 15.2 Å². The molecule has 1 aromatic rings. The van der Waals surface area contributed by atoms with Crippen LogP contribution < -0.4 is 10.1 Å². The summed E-state index contributed by atoms with van der Waals surface area (Å²) in [7, 11) is 1.54. The minimum absolute atomic E-state index is 0.181. The van der Waals surface area contributed by atoms with Gasteiger partial charge in [-0.3, -0.25) is 0 Å². The number of methoxy groups -OCH3 is 1. The molecule has 3 nitrogen and oxygen atoms in total. The molecule has 1 saturated carbocycles. The van der Waals surface area contributed by atoms with E-state index in [0.717, 1.165) is 5.56 Å². The molecular weight excluding hydrogens is 294 g/mol.